The molecule has 2 aromatic carbocycles. The number of esters is 1. The molecule has 3 rings (SSSR count). The van der Waals surface area contributed by atoms with Crippen molar-refractivity contribution < 1.29 is 28.5 Å². The van der Waals surface area contributed by atoms with Crippen LogP contribution in [0, 0.1) is 0 Å². The summed E-state index contributed by atoms with van der Waals surface area (Å²) in [4.78, 5) is 16.5. The molecule has 1 heterocycles. The van der Waals surface area contributed by atoms with E-state index in [1.807, 2.05) is 0 Å². The van der Waals surface area contributed by atoms with Gasteiger partial charge in [0, 0.05) is 11.1 Å². The van der Waals surface area contributed by atoms with E-state index < -0.39 is 5.97 Å². The van der Waals surface area contributed by atoms with Gasteiger partial charge in [-0.2, -0.15) is 0 Å². The van der Waals surface area contributed by atoms with Crippen molar-refractivity contribution in [2.75, 3.05) is 28.4 Å². The van der Waals surface area contributed by atoms with Gasteiger partial charge >= 0.3 is 5.97 Å². The first-order valence-corrected chi connectivity index (χ1v) is 8.07. The Kier molecular flexibility index (Phi) is 5.30. The predicted molar refractivity (Wildman–Crippen MR) is 99.7 cm³/mol. The summed E-state index contributed by atoms with van der Waals surface area (Å²) >= 11 is 0. The zero-order valence-electron chi connectivity index (χ0n) is 15.4. The first kappa shape index (κ1) is 18.3. The van der Waals surface area contributed by atoms with Crippen molar-refractivity contribution in [1.29, 1.82) is 0 Å². The maximum absolute atomic E-state index is 12.2. The summed E-state index contributed by atoms with van der Waals surface area (Å²) in [6.07, 6.45) is 1.58. The number of hydrogen-bond donors (Lipinski definition) is 0. The van der Waals surface area contributed by atoms with Gasteiger partial charge < -0.3 is 23.7 Å². The molecule has 1 aliphatic heterocycles. The van der Waals surface area contributed by atoms with Gasteiger partial charge in [0.15, 0.2) is 17.2 Å². The molecule has 7 nitrogen and oxygen atoms in total. The van der Waals surface area contributed by atoms with Crippen molar-refractivity contribution >= 4 is 17.9 Å². The normalized spacial score (nSPS) is 14.6. The number of cyclic esters (lactones) is 1. The van der Waals surface area contributed by atoms with Crippen LogP contribution >= 0.6 is 0 Å². The number of rotatable bonds is 6. The minimum atomic E-state index is -0.544. The first-order valence-electron chi connectivity index (χ1n) is 8.07. The highest BCUT2D eigenvalue weighted by Gasteiger charge is 2.25. The zero-order chi connectivity index (χ0) is 19.4. The van der Waals surface area contributed by atoms with Crippen LogP contribution in [0.5, 0.6) is 23.0 Å². The minimum absolute atomic E-state index is 0.159. The maximum atomic E-state index is 12.2. The third-order valence-electron chi connectivity index (χ3n) is 3.98. The van der Waals surface area contributed by atoms with E-state index in [9.17, 15) is 4.79 Å². The van der Waals surface area contributed by atoms with E-state index in [1.54, 1.807) is 49.6 Å². The van der Waals surface area contributed by atoms with E-state index >= 15 is 0 Å². The molecule has 27 heavy (non-hydrogen) atoms. The molecule has 0 saturated carbocycles. The van der Waals surface area contributed by atoms with Gasteiger partial charge in [0.05, 0.1) is 28.4 Å². The smallest absolute Gasteiger partial charge is 0.363 e. The summed E-state index contributed by atoms with van der Waals surface area (Å²) in [6, 6.07) is 10.6. The number of carbonyl (C=O) groups excluding carboxylic acids is 1. The molecule has 0 bridgehead atoms. The lowest BCUT2D eigenvalue weighted by atomic mass is 10.1. The minimum Gasteiger partial charge on any atom is -0.497 e. The van der Waals surface area contributed by atoms with Gasteiger partial charge in [-0.3, -0.25) is 0 Å². The Labute approximate surface area is 156 Å². The number of hydrogen-bond acceptors (Lipinski definition) is 7. The molecule has 2 aromatic rings. The number of nitrogens with zero attached hydrogens (tertiary/aromatic N) is 1. The Bertz CT molecular complexity index is 915. The Balaban J connectivity index is 1.99. The van der Waals surface area contributed by atoms with E-state index in [0.29, 0.717) is 34.1 Å². The van der Waals surface area contributed by atoms with Gasteiger partial charge in [-0.1, -0.05) is 0 Å². The highest BCUT2D eigenvalue weighted by molar-refractivity contribution is 6.13. The third kappa shape index (κ3) is 3.57. The Morgan fingerprint density at radius 1 is 0.852 bits per heavy atom. The lowest BCUT2D eigenvalue weighted by Crippen LogP contribution is -2.05. The molecule has 0 radical (unpaired) electrons. The van der Waals surface area contributed by atoms with Gasteiger partial charge in [-0.15, -0.1) is 0 Å². The molecule has 0 aromatic heterocycles. The maximum Gasteiger partial charge on any atom is 0.363 e. The quantitative estimate of drug-likeness (QED) is 0.575. The highest BCUT2D eigenvalue weighted by Crippen LogP contribution is 2.40. The van der Waals surface area contributed by atoms with Gasteiger partial charge in [0.2, 0.25) is 11.6 Å². The SMILES string of the molecule is COc1ccc(C2=N/C(=C/c3ccc(OC)c(OC)c3OC)C(=O)O2)cc1. The van der Waals surface area contributed by atoms with Crippen LogP contribution in [0.25, 0.3) is 6.08 Å². The molecule has 0 atom stereocenters. The summed E-state index contributed by atoms with van der Waals surface area (Å²) in [6.45, 7) is 0. The van der Waals surface area contributed by atoms with Crippen LogP contribution in [0.1, 0.15) is 11.1 Å². The average Bonchev–Trinajstić information content (AvgIpc) is 3.07. The summed E-state index contributed by atoms with van der Waals surface area (Å²) in [5, 5.41) is 0. The predicted octanol–water partition coefficient (Wildman–Crippen LogP) is 3.07. The van der Waals surface area contributed by atoms with Crippen molar-refractivity contribution in [3.8, 4) is 23.0 Å². The largest absolute Gasteiger partial charge is 0.497 e. The number of carbonyl (C=O) groups is 1. The molecule has 0 aliphatic carbocycles. The van der Waals surface area contributed by atoms with Crippen LogP contribution in [0.4, 0.5) is 0 Å². The van der Waals surface area contributed by atoms with Crippen molar-refractivity contribution in [3.63, 3.8) is 0 Å². The monoisotopic (exact) mass is 369 g/mol. The second kappa shape index (κ2) is 7.82. The van der Waals surface area contributed by atoms with Gasteiger partial charge in [0.25, 0.3) is 0 Å². The van der Waals surface area contributed by atoms with Crippen LogP contribution in [-0.4, -0.2) is 40.3 Å². The Hall–Kier alpha value is -3.48. The fourth-order valence-electron chi connectivity index (χ4n) is 2.65. The molecule has 0 fully saturated rings. The number of ether oxygens (including phenoxy) is 5. The number of aliphatic imine (C=N–C) groups is 1. The molecule has 1 aliphatic rings. The standard InChI is InChI=1S/C20H19NO6/c1-23-14-8-5-12(6-9-14)19-21-15(20(22)27-19)11-13-7-10-16(24-2)18(26-4)17(13)25-3/h5-11H,1-4H3/b15-11+. The highest BCUT2D eigenvalue weighted by atomic mass is 16.6. The lowest BCUT2D eigenvalue weighted by Gasteiger charge is -2.14. The molecular formula is C20H19NO6. The summed E-state index contributed by atoms with van der Waals surface area (Å²) < 4.78 is 26.5. The molecular weight excluding hydrogens is 350 g/mol. The van der Waals surface area contributed by atoms with Crippen LogP contribution in [0.15, 0.2) is 47.1 Å². The van der Waals surface area contributed by atoms with Crippen LogP contribution < -0.4 is 18.9 Å². The number of methoxy groups -OCH3 is 4. The summed E-state index contributed by atoms with van der Waals surface area (Å²) in [5.74, 6) is 1.78. The summed E-state index contributed by atoms with van der Waals surface area (Å²) in [7, 11) is 6.15. The van der Waals surface area contributed by atoms with Crippen LogP contribution in [-0.2, 0) is 9.53 Å². The van der Waals surface area contributed by atoms with Crippen molar-refractivity contribution in [2.45, 2.75) is 0 Å². The molecule has 0 unspecified atom stereocenters. The molecule has 0 amide bonds. The second-order valence-electron chi connectivity index (χ2n) is 5.49. The fraction of sp³-hybridized carbons (Fsp3) is 0.200. The fourth-order valence-corrected chi connectivity index (χ4v) is 2.65. The molecule has 0 spiro atoms. The Morgan fingerprint density at radius 2 is 1.56 bits per heavy atom. The number of benzene rings is 2. The topological polar surface area (TPSA) is 75.6 Å². The van der Waals surface area contributed by atoms with Crippen LogP contribution in [0.2, 0.25) is 0 Å². The van der Waals surface area contributed by atoms with Gasteiger partial charge in [0.1, 0.15) is 5.75 Å². The summed E-state index contributed by atoms with van der Waals surface area (Å²) in [5.41, 5.74) is 1.44. The van der Waals surface area contributed by atoms with E-state index in [-0.39, 0.29) is 11.6 Å². The molecule has 140 valence electrons. The second-order valence-corrected chi connectivity index (χ2v) is 5.49. The van der Waals surface area contributed by atoms with Crippen LogP contribution in [0.3, 0.4) is 0 Å². The molecule has 0 saturated heterocycles. The van der Waals surface area contributed by atoms with E-state index in [0.717, 1.165) is 0 Å². The van der Waals surface area contributed by atoms with Gasteiger partial charge in [-0.05, 0) is 42.5 Å². The van der Waals surface area contributed by atoms with E-state index in [4.69, 9.17) is 23.7 Å². The Morgan fingerprint density at radius 3 is 2.15 bits per heavy atom. The van der Waals surface area contributed by atoms with Gasteiger partial charge in [-0.25, -0.2) is 9.79 Å². The van der Waals surface area contributed by atoms with Crippen molar-refractivity contribution in [1.82, 2.24) is 0 Å². The molecule has 0 N–H and O–H groups in total. The lowest BCUT2D eigenvalue weighted by molar-refractivity contribution is -0.129. The van der Waals surface area contributed by atoms with Crippen molar-refractivity contribution in [3.05, 3.63) is 53.2 Å². The van der Waals surface area contributed by atoms with E-state index in [1.165, 1.54) is 21.3 Å². The van der Waals surface area contributed by atoms with E-state index in [2.05, 4.69) is 4.99 Å². The van der Waals surface area contributed by atoms with Crippen molar-refractivity contribution in [2.24, 2.45) is 4.99 Å². The average molecular weight is 369 g/mol. The first-order chi connectivity index (χ1) is 13.1. The molecule has 7 heteroatoms. The third-order valence-corrected chi connectivity index (χ3v) is 3.98. The zero-order valence-corrected chi connectivity index (χ0v) is 15.4.